The first-order valence-electron chi connectivity index (χ1n) is 6.04. The Labute approximate surface area is 116 Å². The first-order chi connectivity index (χ1) is 9.59. The summed E-state index contributed by atoms with van der Waals surface area (Å²) in [6, 6.07) is 13.2. The van der Waals surface area contributed by atoms with E-state index in [1.54, 1.807) is 6.07 Å². The van der Waals surface area contributed by atoms with Gasteiger partial charge in [0, 0.05) is 6.07 Å². The highest BCUT2D eigenvalue weighted by Gasteiger charge is 2.20. The average Bonchev–Trinajstić information content (AvgIpc) is 2.46. The molecule has 0 saturated carbocycles. The maximum atomic E-state index is 11.9. The van der Waals surface area contributed by atoms with Gasteiger partial charge < -0.3 is 4.74 Å². The Morgan fingerprint density at radius 2 is 1.80 bits per heavy atom. The van der Waals surface area contributed by atoms with Gasteiger partial charge in [0.15, 0.2) is 0 Å². The molecule has 5 heteroatoms. The molecule has 0 bridgehead atoms. The molecule has 0 heterocycles. The van der Waals surface area contributed by atoms with Crippen molar-refractivity contribution in [3.63, 3.8) is 0 Å². The van der Waals surface area contributed by atoms with E-state index in [-0.39, 0.29) is 17.9 Å². The lowest BCUT2D eigenvalue weighted by molar-refractivity contribution is -0.385. The number of carbonyl (C=O) groups is 1. The summed E-state index contributed by atoms with van der Waals surface area (Å²) in [6.45, 7) is 2.01. The number of hydrogen-bond donors (Lipinski definition) is 0. The summed E-state index contributed by atoms with van der Waals surface area (Å²) in [6.07, 6.45) is 0. The third-order valence-corrected chi connectivity index (χ3v) is 2.94. The molecule has 2 aromatic rings. The second kappa shape index (κ2) is 5.97. The van der Waals surface area contributed by atoms with Gasteiger partial charge in [-0.1, -0.05) is 36.4 Å². The first-order valence-corrected chi connectivity index (χ1v) is 6.04. The molecule has 0 aliphatic heterocycles. The molecule has 0 fully saturated rings. The Hall–Kier alpha value is -2.69. The summed E-state index contributed by atoms with van der Waals surface area (Å²) >= 11 is 0. The second-order valence-electron chi connectivity index (χ2n) is 4.28. The number of nitro groups is 1. The highest BCUT2D eigenvalue weighted by molar-refractivity contribution is 5.93. The third kappa shape index (κ3) is 3.00. The fourth-order valence-electron chi connectivity index (χ4n) is 1.80. The largest absolute Gasteiger partial charge is 0.457 e. The number of benzene rings is 2. The molecule has 102 valence electrons. The fraction of sp³-hybridized carbons (Fsp3) is 0.133. The van der Waals surface area contributed by atoms with Crippen LogP contribution in [0.5, 0.6) is 0 Å². The number of carbonyl (C=O) groups excluding carboxylic acids is 1. The summed E-state index contributed by atoms with van der Waals surface area (Å²) in [5.41, 5.74) is 1.59. The fourth-order valence-corrected chi connectivity index (χ4v) is 1.80. The van der Waals surface area contributed by atoms with E-state index < -0.39 is 10.9 Å². The molecule has 0 atom stereocenters. The molecular formula is C15H13NO4. The molecule has 0 amide bonds. The molecule has 0 unspecified atom stereocenters. The third-order valence-electron chi connectivity index (χ3n) is 2.94. The zero-order valence-electron chi connectivity index (χ0n) is 10.9. The van der Waals surface area contributed by atoms with Crippen molar-refractivity contribution < 1.29 is 14.5 Å². The van der Waals surface area contributed by atoms with Crippen molar-refractivity contribution in [1.29, 1.82) is 0 Å². The highest BCUT2D eigenvalue weighted by Crippen LogP contribution is 2.19. The lowest BCUT2D eigenvalue weighted by Gasteiger charge is -2.07. The van der Waals surface area contributed by atoms with Crippen molar-refractivity contribution in [3.05, 3.63) is 75.3 Å². The summed E-state index contributed by atoms with van der Waals surface area (Å²) in [5.74, 6) is -0.694. The van der Waals surface area contributed by atoms with Crippen LogP contribution in [0.15, 0.2) is 48.5 Å². The van der Waals surface area contributed by atoms with Gasteiger partial charge in [0.25, 0.3) is 5.69 Å². The van der Waals surface area contributed by atoms with Crippen molar-refractivity contribution in [2.24, 2.45) is 0 Å². The van der Waals surface area contributed by atoms with Crippen molar-refractivity contribution in [2.75, 3.05) is 0 Å². The minimum atomic E-state index is -0.694. The first kappa shape index (κ1) is 13.7. The van der Waals surface area contributed by atoms with E-state index in [4.69, 9.17) is 4.74 Å². The van der Waals surface area contributed by atoms with Crippen LogP contribution in [0.3, 0.4) is 0 Å². The Morgan fingerprint density at radius 3 is 2.50 bits per heavy atom. The van der Waals surface area contributed by atoms with Crippen LogP contribution in [0, 0.1) is 17.0 Å². The lowest BCUT2D eigenvalue weighted by atomic mass is 10.1. The van der Waals surface area contributed by atoms with Gasteiger partial charge in [-0.2, -0.15) is 0 Å². The summed E-state index contributed by atoms with van der Waals surface area (Å²) in [5, 5.41) is 10.9. The molecule has 20 heavy (non-hydrogen) atoms. The van der Waals surface area contributed by atoms with E-state index in [0.29, 0.717) is 0 Å². The molecule has 5 nitrogen and oxygen atoms in total. The van der Waals surface area contributed by atoms with E-state index in [1.807, 2.05) is 31.2 Å². The van der Waals surface area contributed by atoms with Crippen LogP contribution in [-0.2, 0) is 11.3 Å². The molecule has 0 aromatic heterocycles. The van der Waals surface area contributed by atoms with Gasteiger partial charge in [0.05, 0.1) is 4.92 Å². The predicted octanol–water partition coefficient (Wildman–Crippen LogP) is 3.26. The quantitative estimate of drug-likeness (QED) is 0.486. The Balaban J connectivity index is 2.14. The predicted molar refractivity (Wildman–Crippen MR) is 73.4 cm³/mol. The van der Waals surface area contributed by atoms with E-state index >= 15 is 0 Å². The second-order valence-corrected chi connectivity index (χ2v) is 4.28. The topological polar surface area (TPSA) is 69.4 Å². The zero-order valence-corrected chi connectivity index (χ0v) is 10.9. The maximum Gasteiger partial charge on any atom is 0.345 e. The summed E-state index contributed by atoms with van der Waals surface area (Å²) < 4.78 is 5.14. The molecular weight excluding hydrogens is 258 g/mol. The van der Waals surface area contributed by atoms with Crippen LogP contribution in [0.25, 0.3) is 0 Å². The molecule has 2 rings (SSSR count). The van der Waals surface area contributed by atoms with Crippen molar-refractivity contribution in [2.45, 2.75) is 13.5 Å². The van der Waals surface area contributed by atoms with Gasteiger partial charge >= 0.3 is 5.97 Å². The number of nitro benzene ring substituents is 1. The van der Waals surface area contributed by atoms with Crippen LogP contribution >= 0.6 is 0 Å². The van der Waals surface area contributed by atoms with Crippen LogP contribution in [0.2, 0.25) is 0 Å². The van der Waals surface area contributed by atoms with Crippen LogP contribution in [0.4, 0.5) is 5.69 Å². The van der Waals surface area contributed by atoms with Crippen molar-refractivity contribution >= 4 is 11.7 Å². The van der Waals surface area contributed by atoms with Crippen LogP contribution < -0.4 is 0 Å². The standard InChI is InChI=1S/C15H13NO4/c1-11-6-2-3-7-12(11)10-20-15(17)13-8-4-5-9-14(13)16(18)19/h2-9H,10H2,1H3. The van der Waals surface area contributed by atoms with Crippen LogP contribution in [0.1, 0.15) is 21.5 Å². The number of para-hydroxylation sites is 1. The Bertz CT molecular complexity index is 652. The molecule has 2 aromatic carbocycles. The molecule has 0 saturated heterocycles. The monoisotopic (exact) mass is 271 g/mol. The number of nitrogens with zero attached hydrogens (tertiary/aromatic N) is 1. The Kier molecular flexibility index (Phi) is 4.10. The van der Waals surface area contributed by atoms with Crippen molar-refractivity contribution in [1.82, 2.24) is 0 Å². The van der Waals surface area contributed by atoms with Gasteiger partial charge in [0.1, 0.15) is 12.2 Å². The van der Waals surface area contributed by atoms with E-state index in [9.17, 15) is 14.9 Å². The molecule has 0 N–H and O–H groups in total. The number of rotatable bonds is 4. The molecule has 0 radical (unpaired) electrons. The number of aryl methyl sites for hydroxylation is 1. The van der Waals surface area contributed by atoms with Gasteiger partial charge in [-0.3, -0.25) is 10.1 Å². The zero-order chi connectivity index (χ0) is 14.5. The number of hydrogen-bond acceptors (Lipinski definition) is 4. The average molecular weight is 271 g/mol. The van der Waals surface area contributed by atoms with E-state index in [2.05, 4.69) is 0 Å². The van der Waals surface area contributed by atoms with Gasteiger partial charge in [-0.05, 0) is 24.1 Å². The Morgan fingerprint density at radius 1 is 1.15 bits per heavy atom. The lowest BCUT2D eigenvalue weighted by Crippen LogP contribution is -2.08. The summed E-state index contributed by atoms with van der Waals surface area (Å²) in [7, 11) is 0. The van der Waals surface area contributed by atoms with E-state index in [1.165, 1.54) is 18.2 Å². The smallest absolute Gasteiger partial charge is 0.345 e. The number of ether oxygens (including phenoxy) is 1. The van der Waals surface area contributed by atoms with E-state index in [0.717, 1.165) is 11.1 Å². The normalized spacial score (nSPS) is 10.1. The SMILES string of the molecule is Cc1ccccc1COC(=O)c1ccccc1[N+](=O)[O-]. The maximum absolute atomic E-state index is 11.9. The van der Waals surface area contributed by atoms with Gasteiger partial charge in [0.2, 0.25) is 0 Å². The minimum absolute atomic E-state index is 0.0360. The summed E-state index contributed by atoms with van der Waals surface area (Å²) in [4.78, 5) is 22.2. The minimum Gasteiger partial charge on any atom is -0.457 e. The molecule has 0 aliphatic carbocycles. The van der Waals surface area contributed by atoms with Crippen LogP contribution in [-0.4, -0.2) is 10.9 Å². The van der Waals surface area contributed by atoms with Gasteiger partial charge in [-0.15, -0.1) is 0 Å². The van der Waals surface area contributed by atoms with Gasteiger partial charge in [-0.25, -0.2) is 4.79 Å². The number of esters is 1. The van der Waals surface area contributed by atoms with Crippen molar-refractivity contribution in [3.8, 4) is 0 Å². The molecule has 0 aliphatic rings. The highest BCUT2D eigenvalue weighted by atomic mass is 16.6. The molecule has 0 spiro atoms.